The van der Waals surface area contributed by atoms with Crippen LogP contribution in [-0.2, 0) is 17.8 Å². The molecule has 0 aliphatic carbocycles. The first-order valence-corrected chi connectivity index (χ1v) is 6.62. The van der Waals surface area contributed by atoms with Crippen LogP contribution in [0.1, 0.15) is 33.0 Å². The summed E-state index contributed by atoms with van der Waals surface area (Å²) in [5, 5.41) is 7.45. The van der Waals surface area contributed by atoms with Gasteiger partial charge in [0.15, 0.2) is 0 Å². The molecule has 1 N–H and O–H groups in total. The second-order valence-corrected chi connectivity index (χ2v) is 5.84. The van der Waals surface area contributed by atoms with Crippen LogP contribution < -0.4 is 5.32 Å². The summed E-state index contributed by atoms with van der Waals surface area (Å²) in [5.41, 5.74) is -0.228. The molecule has 1 aliphatic rings. The highest BCUT2D eigenvalue weighted by Gasteiger charge is 2.36. The molecule has 1 saturated heterocycles. The molecule has 5 heteroatoms. The average Bonchev–Trinajstić information content (AvgIpc) is 2.89. The van der Waals surface area contributed by atoms with Crippen molar-refractivity contribution in [2.45, 2.75) is 40.2 Å². The summed E-state index contributed by atoms with van der Waals surface area (Å²) in [4.78, 5) is 16.6. The van der Waals surface area contributed by atoms with Gasteiger partial charge < -0.3 is 5.32 Å². The number of carbonyl (C=O) groups is 1. The number of ketones is 1. The third kappa shape index (κ3) is 2.77. The molecule has 5 nitrogen and oxygen atoms in total. The Labute approximate surface area is 108 Å². The highest BCUT2D eigenvalue weighted by atomic mass is 16.1. The van der Waals surface area contributed by atoms with Gasteiger partial charge in [0.25, 0.3) is 0 Å². The lowest BCUT2D eigenvalue weighted by Gasteiger charge is -2.20. The molecule has 1 aromatic heterocycles. The predicted octanol–water partition coefficient (Wildman–Crippen LogP) is 1.05. The van der Waals surface area contributed by atoms with E-state index in [0.29, 0.717) is 12.3 Å². The maximum Gasteiger partial charge on any atom is 0.147 e. The van der Waals surface area contributed by atoms with E-state index in [1.54, 1.807) is 6.33 Å². The van der Waals surface area contributed by atoms with Gasteiger partial charge in [0, 0.05) is 18.5 Å². The fourth-order valence-corrected chi connectivity index (χ4v) is 2.34. The molecule has 18 heavy (non-hydrogen) atoms. The van der Waals surface area contributed by atoms with Crippen LogP contribution in [0.25, 0.3) is 0 Å². The van der Waals surface area contributed by atoms with Crippen molar-refractivity contribution in [3.05, 3.63) is 12.2 Å². The molecule has 2 rings (SSSR count). The van der Waals surface area contributed by atoms with Crippen LogP contribution in [0, 0.1) is 11.3 Å². The van der Waals surface area contributed by atoms with Gasteiger partial charge in [-0.3, -0.25) is 4.79 Å². The van der Waals surface area contributed by atoms with Crippen LogP contribution >= 0.6 is 0 Å². The van der Waals surface area contributed by atoms with E-state index in [2.05, 4.69) is 29.2 Å². The molecule has 1 fully saturated rings. The minimum Gasteiger partial charge on any atom is -0.316 e. The highest BCUT2D eigenvalue weighted by molar-refractivity contribution is 5.86. The number of hydrogen-bond acceptors (Lipinski definition) is 4. The van der Waals surface area contributed by atoms with Crippen LogP contribution in [0.5, 0.6) is 0 Å². The molecule has 1 atom stereocenters. The van der Waals surface area contributed by atoms with E-state index >= 15 is 0 Å². The first kappa shape index (κ1) is 13.2. The molecule has 0 aromatic carbocycles. The number of carbonyl (C=O) groups excluding carboxylic acids is 1. The van der Waals surface area contributed by atoms with E-state index < -0.39 is 0 Å². The lowest BCUT2D eigenvalue weighted by molar-refractivity contribution is -0.126. The molecule has 0 radical (unpaired) electrons. The summed E-state index contributed by atoms with van der Waals surface area (Å²) >= 11 is 0. The third-order valence-electron chi connectivity index (χ3n) is 3.59. The van der Waals surface area contributed by atoms with E-state index in [0.717, 1.165) is 31.9 Å². The van der Waals surface area contributed by atoms with Crippen molar-refractivity contribution in [1.29, 1.82) is 0 Å². The van der Waals surface area contributed by atoms with E-state index in [1.807, 2.05) is 11.6 Å². The van der Waals surface area contributed by atoms with Gasteiger partial charge in [-0.05, 0) is 18.9 Å². The number of nitrogens with zero attached hydrogens (tertiary/aromatic N) is 3. The third-order valence-corrected chi connectivity index (χ3v) is 3.59. The Kier molecular flexibility index (Phi) is 3.80. The molecule has 0 spiro atoms. The van der Waals surface area contributed by atoms with Gasteiger partial charge in [0.1, 0.15) is 17.9 Å². The Morgan fingerprint density at radius 2 is 2.39 bits per heavy atom. The fraction of sp³-hybridized carbons (Fsp3) is 0.769. The zero-order valence-electron chi connectivity index (χ0n) is 11.4. The summed E-state index contributed by atoms with van der Waals surface area (Å²) < 4.78 is 1.86. The van der Waals surface area contributed by atoms with E-state index in [4.69, 9.17) is 0 Å². The Bertz CT molecular complexity index is 418. The van der Waals surface area contributed by atoms with Crippen molar-refractivity contribution >= 4 is 5.78 Å². The average molecular weight is 250 g/mol. The topological polar surface area (TPSA) is 59.8 Å². The van der Waals surface area contributed by atoms with Crippen LogP contribution in [0.3, 0.4) is 0 Å². The van der Waals surface area contributed by atoms with Crippen LogP contribution in [-0.4, -0.2) is 33.6 Å². The van der Waals surface area contributed by atoms with Crippen molar-refractivity contribution in [3.8, 4) is 0 Å². The predicted molar refractivity (Wildman–Crippen MR) is 69.2 cm³/mol. The maximum absolute atomic E-state index is 12.4. The van der Waals surface area contributed by atoms with Crippen molar-refractivity contribution in [2.24, 2.45) is 11.3 Å². The van der Waals surface area contributed by atoms with Crippen LogP contribution in [0.2, 0.25) is 0 Å². The number of rotatable bonds is 5. The van der Waals surface area contributed by atoms with Gasteiger partial charge in [-0.15, -0.1) is 0 Å². The first-order valence-electron chi connectivity index (χ1n) is 6.62. The lowest BCUT2D eigenvalue weighted by Crippen LogP contribution is -2.32. The largest absolute Gasteiger partial charge is 0.316 e. The Morgan fingerprint density at radius 1 is 1.61 bits per heavy atom. The Hall–Kier alpha value is -1.23. The van der Waals surface area contributed by atoms with Crippen molar-refractivity contribution < 1.29 is 4.79 Å². The van der Waals surface area contributed by atoms with Crippen molar-refractivity contribution in [3.63, 3.8) is 0 Å². The number of aromatic nitrogens is 3. The maximum atomic E-state index is 12.4. The molecule has 0 bridgehead atoms. The SMILES string of the molecule is CC(C)Cn1ncnc1CC(=O)C1(C)CCNC1. The molecule has 0 amide bonds. The molecule has 1 aliphatic heterocycles. The zero-order chi connectivity index (χ0) is 13.2. The van der Waals surface area contributed by atoms with Gasteiger partial charge in [0.2, 0.25) is 0 Å². The summed E-state index contributed by atoms with van der Waals surface area (Å²) in [6, 6.07) is 0. The zero-order valence-corrected chi connectivity index (χ0v) is 11.4. The monoisotopic (exact) mass is 250 g/mol. The summed E-state index contributed by atoms with van der Waals surface area (Å²) in [7, 11) is 0. The fourth-order valence-electron chi connectivity index (χ4n) is 2.34. The molecule has 100 valence electrons. The van der Waals surface area contributed by atoms with E-state index in [-0.39, 0.29) is 11.2 Å². The molecular weight excluding hydrogens is 228 g/mol. The van der Waals surface area contributed by atoms with Gasteiger partial charge in [-0.1, -0.05) is 20.8 Å². The summed E-state index contributed by atoms with van der Waals surface area (Å²) in [6.07, 6.45) is 2.86. The molecule has 1 aromatic rings. The Morgan fingerprint density at radius 3 is 3.00 bits per heavy atom. The van der Waals surface area contributed by atoms with E-state index in [1.165, 1.54) is 0 Å². The summed E-state index contributed by atoms with van der Waals surface area (Å²) in [6.45, 7) is 8.84. The second-order valence-electron chi connectivity index (χ2n) is 5.84. The van der Waals surface area contributed by atoms with Gasteiger partial charge in [-0.2, -0.15) is 5.10 Å². The minimum atomic E-state index is -0.228. The number of hydrogen-bond donors (Lipinski definition) is 1. The highest BCUT2D eigenvalue weighted by Crippen LogP contribution is 2.26. The lowest BCUT2D eigenvalue weighted by atomic mass is 9.83. The van der Waals surface area contributed by atoms with Crippen molar-refractivity contribution in [1.82, 2.24) is 20.1 Å². The smallest absolute Gasteiger partial charge is 0.147 e. The van der Waals surface area contributed by atoms with Gasteiger partial charge in [0.05, 0.1) is 6.42 Å². The van der Waals surface area contributed by atoms with E-state index in [9.17, 15) is 4.79 Å². The quantitative estimate of drug-likeness (QED) is 0.848. The minimum absolute atomic E-state index is 0.228. The van der Waals surface area contributed by atoms with Crippen LogP contribution in [0.4, 0.5) is 0 Å². The molecular formula is C13H22N4O. The molecule has 2 heterocycles. The normalized spacial score (nSPS) is 23.8. The molecule has 1 unspecified atom stereocenters. The van der Waals surface area contributed by atoms with Gasteiger partial charge >= 0.3 is 0 Å². The molecule has 0 saturated carbocycles. The first-order chi connectivity index (χ1) is 8.51. The number of nitrogens with one attached hydrogen (secondary N) is 1. The summed E-state index contributed by atoms with van der Waals surface area (Å²) in [5.74, 6) is 1.57. The van der Waals surface area contributed by atoms with Crippen molar-refractivity contribution in [2.75, 3.05) is 13.1 Å². The van der Waals surface area contributed by atoms with Crippen LogP contribution in [0.15, 0.2) is 6.33 Å². The van der Waals surface area contributed by atoms with Gasteiger partial charge in [-0.25, -0.2) is 9.67 Å². The number of Topliss-reactive ketones (excluding diaryl/α,β-unsaturated/α-hetero) is 1. The second kappa shape index (κ2) is 5.18. The Balaban J connectivity index is 2.05. The standard InChI is InChI=1S/C13H22N4O/c1-10(2)7-17-12(15-9-16-17)6-11(18)13(3)4-5-14-8-13/h9-10,14H,4-8H2,1-3H3.